The van der Waals surface area contributed by atoms with Crippen LogP contribution in [0.3, 0.4) is 0 Å². The summed E-state index contributed by atoms with van der Waals surface area (Å²) >= 11 is 0. The Bertz CT molecular complexity index is 605. The van der Waals surface area contributed by atoms with Gasteiger partial charge in [0.15, 0.2) is 5.65 Å². The van der Waals surface area contributed by atoms with Crippen LogP contribution in [0.5, 0.6) is 0 Å². The van der Waals surface area contributed by atoms with E-state index in [0.717, 1.165) is 30.9 Å². The van der Waals surface area contributed by atoms with E-state index in [1.54, 1.807) is 10.7 Å². The van der Waals surface area contributed by atoms with Gasteiger partial charge in [-0.25, -0.2) is 9.50 Å². The summed E-state index contributed by atoms with van der Waals surface area (Å²) in [7, 11) is 0. The topological polar surface area (TPSA) is 71.3 Å². The maximum absolute atomic E-state index is 12.2. The number of aryl methyl sites for hydroxylation is 2. The molecular formula is C14H21N5O. The average Bonchev–Trinajstić information content (AvgIpc) is 2.82. The standard InChI is InChI=1S/C14H21N5O/c1-4-15-6-5-7-16-14(20)12-9-17-19-11(3)8-10(2)18-13(12)19/h8-9,15H,4-7H2,1-3H3,(H,16,20). The molecule has 2 N–H and O–H groups in total. The quantitative estimate of drug-likeness (QED) is 0.774. The normalized spacial score (nSPS) is 10.9. The van der Waals surface area contributed by atoms with Gasteiger partial charge in [0.2, 0.25) is 0 Å². The van der Waals surface area contributed by atoms with E-state index in [-0.39, 0.29) is 5.91 Å². The van der Waals surface area contributed by atoms with Crippen LogP contribution in [0.1, 0.15) is 35.1 Å². The summed E-state index contributed by atoms with van der Waals surface area (Å²) in [5.74, 6) is -0.117. The van der Waals surface area contributed by atoms with Gasteiger partial charge in [0.1, 0.15) is 5.56 Å². The number of aromatic nitrogens is 3. The maximum atomic E-state index is 12.2. The molecule has 20 heavy (non-hydrogen) atoms. The summed E-state index contributed by atoms with van der Waals surface area (Å²) in [4.78, 5) is 16.6. The van der Waals surface area contributed by atoms with Crippen molar-refractivity contribution in [2.45, 2.75) is 27.2 Å². The van der Waals surface area contributed by atoms with E-state index in [2.05, 4.69) is 27.6 Å². The van der Waals surface area contributed by atoms with E-state index < -0.39 is 0 Å². The smallest absolute Gasteiger partial charge is 0.256 e. The zero-order valence-electron chi connectivity index (χ0n) is 12.2. The lowest BCUT2D eigenvalue weighted by atomic mass is 10.3. The Morgan fingerprint density at radius 1 is 1.35 bits per heavy atom. The number of fused-ring (bicyclic) bond motifs is 1. The molecule has 2 aromatic rings. The highest BCUT2D eigenvalue weighted by atomic mass is 16.1. The van der Waals surface area contributed by atoms with Crippen LogP contribution in [0.2, 0.25) is 0 Å². The monoisotopic (exact) mass is 275 g/mol. The second kappa shape index (κ2) is 6.47. The first-order chi connectivity index (χ1) is 9.63. The fraction of sp³-hybridized carbons (Fsp3) is 0.500. The lowest BCUT2D eigenvalue weighted by Crippen LogP contribution is -2.27. The van der Waals surface area contributed by atoms with Gasteiger partial charge >= 0.3 is 0 Å². The molecule has 0 unspecified atom stereocenters. The Labute approximate surface area is 118 Å². The molecule has 0 fully saturated rings. The van der Waals surface area contributed by atoms with Gasteiger partial charge in [0.25, 0.3) is 5.91 Å². The van der Waals surface area contributed by atoms with Gasteiger partial charge in [-0.05, 0) is 39.4 Å². The molecule has 2 aromatic heterocycles. The zero-order chi connectivity index (χ0) is 14.5. The number of carbonyl (C=O) groups excluding carboxylic acids is 1. The molecule has 0 spiro atoms. The summed E-state index contributed by atoms with van der Waals surface area (Å²) < 4.78 is 1.69. The highest BCUT2D eigenvalue weighted by molar-refractivity contribution is 5.99. The van der Waals surface area contributed by atoms with Crippen molar-refractivity contribution in [2.75, 3.05) is 19.6 Å². The van der Waals surface area contributed by atoms with E-state index in [1.807, 2.05) is 19.9 Å². The molecule has 6 nitrogen and oxygen atoms in total. The average molecular weight is 275 g/mol. The molecule has 6 heteroatoms. The van der Waals surface area contributed by atoms with Crippen LogP contribution in [0.15, 0.2) is 12.3 Å². The highest BCUT2D eigenvalue weighted by Crippen LogP contribution is 2.11. The second-order valence-electron chi connectivity index (χ2n) is 4.80. The Kier molecular flexibility index (Phi) is 4.68. The summed E-state index contributed by atoms with van der Waals surface area (Å²) in [5, 5.41) is 10.3. The van der Waals surface area contributed by atoms with Crippen molar-refractivity contribution in [2.24, 2.45) is 0 Å². The summed E-state index contributed by atoms with van der Waals surface area (Å²) in [6, 6.07) is 1.94. The molecule has 0 aliphatic carbocycles. The number of hydrogen-bond acceptors (Lipinski definition) is 4. The van der Waals surface area contributed by atoms with Crippen LogP contribution >= 0.6 is 0 Å². The van der Waals surface area contributed by atoms with Crippen LogP contribution in [0, 0.1) is 13.8 Å². The Morgan fingerprint density at radius 2 is 2.15 bits per heavy atom. The predicted octanol–water partition coefficient (Wildman–Crippen LogP) is 1.08. The SMILES string of the molecule is CCNCCCNC(=O)c1cnn2c(C)cc(C)nc12. The van der Waals surface area contributed by atoms with Gasteiger partial charge < -0.3 is 10.6 Å². The van der Waals surface area contributed by atoms with Gasteiger partial charge in [-0.1, -0.05) is 6.92 Å². The minimum absolute atomic E-state index is 0.117. The summed E-state index contributed by atoms with van der Waals surface area (Å²) in [5.41, 5.74) is 3.00. The van der Waals surface area contributed by atoms with E-state index in [4.69, 9.17) is 0 Å². The fourth-order valence-corrected chi connectivity index (χ4v) is 2.12. The molecule has 0 saturated carbocycles. The lowest BCUT2D eigenvalue weighted by Gasteiger charge is -2.05. The van der Waals surface area contributed by atoms with Crippen LogP contribution in [-0.4, -0.2) is 40.1 Å². The van der Waals surface area contributed by atoms with Gasteiger partial charge in [-0.2, -0.15) is 5.10 Å². The Balaban J connectivity index is 2.07. The van der Waals surface area contributed by atoms with Crippen molar-refractivity contribution >= 4 is 11.6 Å². The van der Waals surface area contributed by atoms with Crippen molar-refractivity contribution < 1.29 is 4.79 Å². The largest absolute Gasteiger partial charge is 0.352 e. The maximum Gasteiger partial charge on any atom is 0.256 e. The molecule has 0 atom stereocenters. The van der Waals surface area contributed by atoms with E-state index in [9.17, 15) is 4.79 Å². The van der Waals surface area contributed by atoms with Crippen molar-refractivity contribution in [3.63, 3.8) is 0 Å². The molecule has 1 amide bonds. The minimum atomic E-state index is -0.117. The molecular weight excluding hydrogens is 254 g/mol. The van der Waals surface area contributed by atoms with Crippen LogP contribution < -0.4 is 10.6 Å². The lowest BCUT2D eigenvalue weighted by molar-refractivity contribution is 0.0954. The first kappa shape index (κ1) is 14.5. The van der Waals surface area contributed by atoms with Crippen LogP contribution in [-0.2, 0) is 0 Å². The molecule has 2 heterocycles. The molecule has 2 rings (SSSR count). The van der Waals surface area contributed by atoms with Gasteiger partial charge in [0, 0.05) is 17.9 Å². The third kappa shape index (κ3) is 3.14. The van der Waals surface area contributed by atoms with E-state index >= 15 is 0 Å². The summed E-state index contributed by atoms with van der Waals surface area (Å²) in [6.07, 6.45) is 2.48. The second-order valence-corrected chi connectivity index (χ2v) is 4.80. The van der Waals surface area contributed by atoms with Gasteiger partial charge in [0.05, 0.1) is 6.20 Å². The number of carbonyl (C=O) groups is 1. The Hall–Kier alpha value is -1.95. The molecule has 108 valence electrons. The highest BCUT2D eigenvalue weighted by Gasteiger charge is 2.14. The fourth-order valence-electron chi connectivity index (χ4n) is 2.12. The molecule has 0 radical (unpaired) electrons. The molecule has 0 saturated heterocycles. The molecule has 0 aliphatic rings. The molecule has 0 bridgehead atoms. The van der Waals surface area contributed by atoms with Crippen LogP contribution in [0.4, 0.5) is 0 Å². The van der Waals surface area contributed by atoms with Crippen molar-refractivity contribution in [3.8, 4) is 0 Å². The number of nitrogens with zero attached hydrogens (tertiary/aromatic N) is 3. The predicted molar refractivity (Wildman–Crippen MR) is 78.0 cm³/mol. The van der Waals surface area contributed by atoms with Crippen molar-refractivity contribution in [1.29, 1.82) is 0 Å². The van der Waals surface area contributed by atoms with Gasteiger partial charge in [-0.15, -0.1) is 0 Å². The molecule has 0 aromatic carbocycles. The number of nitrogens with one attached hydrogen (secondary N) is 2. The van der Waals surface area contributed by atoms with Crippen molar-refractivity contribution in [1.82, 2.24) is 25.2 Å². The van der Waals surface area contributed by atoms with Crippen LogP contribution in [0.25, 0.3) is 5.65 Å². The molecule has 0 aliphatic heterocycles. The van der Waals surface area contributed by atoms with E-state index in [0.29, 0.717) is 17.8 Å². The Morgan fingerprint density at radius 3 is 2.90 bits per heavy atom. The van der Waals surface area contributed by atoms with Crippen molar-refractivity contribution in [3.05, 3.63) is 29.2 Å². The number of rotatable bonds is 6. The summed E-state index contributed by atoms with van der Waals surface area (Å²) in [6.45, 7) is 8.43. The number of hydrogen-bond donors (Lipinski definition) is 2. The number of amides is 1. The third-order valence-corrected chi connectivity index (χ3v) is 3.09. The van der Waals surface area contributed by atoms with Gasteiger partial charge in [-0.3, -0.25) is 4.79 Å². The third-order valence-electron chi connectivity index (χ3n) is 3.09. The minimum Gasteiger partial charge on any atom is -0.352 e. The zero-order valence-corrected chi connectivity index (χ0v) is 12.2. The first-order valence-electron chi connectivity index (χ1n) is 6.94. The van der Waals surface area contributed by atoms with E-state index in [1.165, 1.54) is 0 Å². The first-order valence-corrected chi connectivity index (χ1v) is 6.94.